The molecule has 0 unspecified atom stereocenters. The SMILES string of the molecule is CC(C)(C)C[C@H]1Cc2ccc(O)cc2CN1. The topological polar surface area (TPSA) is 32.3 Å². The fraction of sp³-hybridized carbons (Fsp3) is 0.571. The Bertz CT molecular complexity index is 379. The maximum Gasteiger partial charge on any atom is 0.115 e. The van der Waals surface area contributed by atoms with Gasteiger partial charge in [-0.2, -0.15) is 0 Å². The molecule has 2 nitrogen and oxygen atoms in total. The zero-order valence-corrected chi connectivity index (χ0v) is 10.4. The summed E-state index contributed by atoms with van der Waals surface area (Å²) >= 11 is 0. The summed E-state index contributed by atoms with van der Waals surface area (Å²) in [7, 11) is 0. The first-order valence-corrected chi connectivity index (χ1v) is 5.98. The molecule has 1 heterocycles. The van der Waals surface area contributed by atoms with E-state index >= 15 is 0 Å². The molecular formula is C14H21NO. The lowest BCUT2D eigenvalue weighted by molar-refractivity contribution is 0.298. The van der Waals surface area contributed by atoms with Crippen LogP contribution in [0.25, 0.3) is 0 Å². The Labute approximate surface area is 97.7 Å². The fourth-order valence-corrected chi connectivity index (χ4v) is 2.45. The number of nitrogens with one attached hydrogen (secondary N) is 1. The quantitative estimate of drug-likeness (QED) is 0.761. The van der Waals surface area contributed by atoms with Gasteiger partial charge in [0.25, 0.3) is 0 Å². The van der Waals surface area contributed by atoms with E-state index in [2.05, 4.69) is 32.2 Å². The lowest BCUT2D eigenvalue weighted by Gasteiger charge is -2.31. The van der Waals surface area contributed by atoms with Crippen molar-refractivity contribution in [3.63, 3.8) is 0 Å². The van der Waals surface area contributed by atoms with Crippen molar-refractivity contribution < 1.29 is 5.11 Å². The monoisotopic (exact) mass is 219 g/mol. The molecule has 1 atom stereocenters. The van der Waals surface area contributed by atoms with Crippen molar-refractivity contribution in [2.75, 3.05) is 0 Å². The van der Waals surface area contributed by atoms with Crippen molar-refractivity contribution in [3.8, 4) is 5.75 Å². The van der Waals surface area contributed by atoms with Crippen molar-refractivity contribution >= 4 is 0 Å². The van der Waals surface area contributed by atoms with Gasteiger partial charge in [-0.05, 0) is 41.5 Å². The zero-order valence-electron chi connectivity index (χ0n) is 10.4. The van der Waals surface area contributed by atoms with E-state index in [-0.39, 0.29) is 0 Å². The molecule has 2 rings (SSSR count). The summed E-state index contributed by atoms with van der Waals surface area (Å²) in [5.41, 5.74) is 2.99. The molecule has 2 N–H and O–H groups in total. The molecule has 2 heteroatoms. The van der Waals surface area contributed by atoms with E-state index in [1.54, 1.807) is 6.07 Å². The summed E-state index contributed by atoms with van der Waals surface area (Å²) in [6, 6.07) is 6.28. The second-order valence-electron chi connectivity index (χ2n) is 6.00. The molecule has 16 heavy (non-hydrogen) atoms. The number of rotatable bonds is 1. The highest BCUT2D eigenvalue weighted by atomic mass is 16.3. The van der Waals surface area contributed by atoms with Crippen LogP contribution in [0, 0.1) is 5.41 Å². The summed E-state index contributed by atoms with van der Waals surface area (Å²) in [6.45, 7) is 7.72. The highest BCUT2D eigenvalue weighted by molar-refractivity contribution is 5.36. The predicted molar refractivity (Wildman–Crippen MR) is 66.5 cm³/mol. The third kappa shape index (κ3) is 2.76. The lowest BCUT2D eigenvalue weighted by Crippen LogP contribution is -2.38. The molecule has 0 saturated heterocycles. The molecule has 0 aromatic heterocycles. The highest BCUT2D eigenvalue weighted by Crippen LogP contribution is 2.27. The minimum Gasteiger partial charge on any atom is -0.508 e. The molecule has 88 valence electrons. The molecule has 0 fully saturated rings. The number of hydrogen-bond acceptors (Lipinski definition) is 2. The van der Waals surface area contributed by atoms with Gasteiger partial charge in [0.15, 0.2) is 0 Å². The van der Waals surface area contributed by atoms with Gasteiger partial charge >= 0.3 is 0 Å². The summed E-state index contributed by atoms with van der Waals surface area (Å²) in [5, 5.41) is 13.0. The van der Waals surface area contributed by atoms with Crippen LogP contribution in [0.3, 0.4) is 0 Å². The standard InChI is InChI=1S/C14H21NO/c1-14(2,3)8-12-6-10-4-5-13(16)7-11(10)9-15-12/h4-5,7,12,15-16H,6,8-9H2,1-3H3/t12-/m1/s1. The maximum atomic E-state index is 9.41. The van der Waals surface area contributed by atoms with E-state index in [4.69, 9.17) is 0 Å². The van der Waals surface area contributed by atoms with Gasteiger partial charge in [-0.3, -0.25) is 0 Å². The highest BCUT2D eigenvalue weighted by Gasteiger charge is 2.23. The number of phenolic OH excluding ortho intramolecular Hbond substituents is 1. The third-order valence-corrected chi connectivity index (χ3v) is 3.10. The van der Waals surface area contributed by atoms with Gasteiger partial charge in [-0.25, -0.2) is 0 Å². The molecule has 1 aliphatic heterocycles. The van der Waals surface area contributed by atoms with E-state index in [1.807, 2.05) is 6.07 Å². The molecule has 1 aromatic carbocycles. The van der Waals surface area contributed by atoms with Crippen molar-refractivity contribution in [2.45, 2.75) is 46.2 Å². The van der Waals surface area contributed by atoms with Crippen LogP contribution in [0.1, 0.15) is 38.3 Å². The predicted octanol–water partition coefficient (Wildman–Crippen LogP) is 2.84. The van der Waals surface area contributed by atoms with Gasteiger partial charge in [0.05, 0.1) is 0 Å². The molecular weight excluding hydrogens is 198 g/mol. The lowest BCUT2D eigenvalue weighted by atomic mass is 9.83. The van der Waals surface area contributed by atoms with E-state index in [0.717, 1.165) is 13.0 Å². The largest absolute Gasteiger partial charge is 0.508 e. The van der Waals surface area contributed by atoms with E-state index < -0.39 is 0 Å². The summed E-state index contributed by atoms with van der Waals surface area (Å²) in [6.07, 6.45) is 2.26. The second-order valence-corrected chi connectivity index (χ2v) is 6.00. The Morgan fingerprint density at radius 1 is 1.31 bits per heavy atom. The Balaban J connectivity index is 2.09. The van der Waals surface area contributed by atoms with Gasteiger partial charge in [0, 0.05) is 12.6 Å². The molecule has 0 saturated carbocycles. The average molecular weight is 219 g/mol. The van der Waals surface area contributed by atoms with Gasteiger partial charge in [0.1, 0.15) is 5.75 Å². The number of aromatic hydroxyl groups is 1. The maximum absolute atomic E-state index is 9.41. The molecule has 1 aliphatic rings. The first-order chi connectivity index (χ1) is 7.44. The van der Waals surface area contributed by atoms with Crippen LogP contribution in [0.4, 0.5) is 0 Å². The Morgan fingerprint density at radius 2 is 2.06 bits per heavy atom. The minimum absolute atomic E-state index is 0.367. The number of benzene rings is 1. The third-order valence-electron chi connectivity index (χ3n) is 3.10. The van der Waals surface area contributed by atoms with E-state index in [9.17, 15) is 5.11 Å². The van der Waals surface area contributed by atoms with Gasteiger partial charge in [-0.15, -0.1) is 0 Å². The van der Waals surface area contributed by atoms with E-state index in [1.165, 1.54) is 17.5 Å². The van der Waals surface area contributed by atoms with Gasteiger partial charge in [0.2, 0.25) is 0 Å². The van der Waals surface area contributed by atoms with Gasteiger partial charge < -0.3 is 10.4 Å². The van der Waals surface area contributed by atoms with Crippen LogP contribution in [0.15, 0.2) is 18.2 Å². The average Bonchev–Trinajstić information content (AvgIpc) is 2.16. The molecule has 1 aromatic rings. The molecule has 0 spiro atoms. The molecule has 0 radical (unpaired) electrons. The van der Waals surface area contributed by atoms with Crippen LogP contribution < -0.4 is 5.32 Å². The zero-order chi connectivity index (χ0) is 11.8. The number of phenols is 1. The number of hydrogen-bond donors (Lipinski definition) is 2. The summed E-state index contributed by atoms with van der Waals surface area (Å²) in [4.78, 5) is 0. The fourth-order valence-electron chi connectivity index (χ4n) is 2.45. The van der Waals surface area contributed by atoms with E-state index in [0.29, 0.717) is 17.2 Å². The van der Waals surface area contributed by atoms with Crippen molar-refractivity contribution in [2.24, 2.45) is 5.41 Å². The van der Waals surface area contributed by atoms with Crippen molar-refractivity contribution in [1.82, 2.24) is 5.32 Å². The van der Waals surface area contributed by atoms with Crippen molar-refractivity contribution in [3.05, 3.63) is 29.3 Å². The van der Waals surface area contributed by atoms with Crippen LogP contribution in [0.2, 0.25) is 0 Å². The second kappa shape index (κ2) is 4.10. The molecule has 0 aliphatic carbocycles. The number of fused-ring (bicyclic) bond motifs is 1. The Hall–Kier alpha value is -1.02. The van der Waals surface area contributed by atoms with Crippen LogP contribution in [-0.2, 0) is 13.0 Å². The minimum atomic E-state index is 0.367. The van der Waals surface area contributed by atoms with Gasteiger partial charge in [-0.1, -0.05) is 26.8 Å². The smallest absolute Gasteiger partial charge is 0.115 e. The van der Waals surface area contributed by atoms with Crippen LogP contribution >= 0.6 is 0 Å². The van der Waals surface area contributed by atoms with Crippen LogP contribution in [-0.4, -0.2) is 11.1 Å². The Morgan fingerprint density at radius 3 is 2.75 bits per heavy atom. The van der Waals surface area contributed by atoms with Crippen LogP contribution in [0.5, 0.6) is 5.75 Å². The first kappa shape index (κ1) is 11.5. The first-order valence-electron chi connectivity index (χ1n) is 5.98. The normalized spacial score (nSPS) is 20.6. The summed E-state index contributed by atoms with van der Waals surface area (Å²) < 4.78 is 0. The molecule has 0 bridgehead atoms. The summed E-state index contributed by atoms with van der Waals surface area (Å²) in [5.74, 6) is 0.370. The van der Waals surface area contributed by atoms with Crippen molar-refractivity contribution in [1.29, 1.82) is 0 Å². The Kier molecular flexibility index (Phi) is 2.94. The molecule has 0 amide bonds.